The van der Waals surface area contributed by atoms with E-state index in [1.165, 1.54) is 11.3 Å². The topological polar surface area (TPSA) is 67.1 Å². The Morgan fingerprint density at radius 1 is 1.19 bits per heavy atom. The number of aliphatic hydroxyl groups excluding tert-OH is 1. The monoisotopic (exact) mass is 483 g/mol. The van der Waals surface area contributed by atoms with E-state index in [0.29, 0.717) is 31.0 Å². The van der Waals surface area contributed by atoms with Gasteiger partial charge in [0, 0.05) is 31.3 Å². The van der Waals surface area contributed by atoms with Crippen molar-refractivity contribution in [1.82, 2.24) is 19.7 Å². The van der Waals surface area contributed by atoms with Crippen LogP contribution < -0.4 is 4.90 Å². The molecule has 0 saturated heterocycles. The standard InChI is InChI=1S/C20H16ClF2N5OS.ClH/c21-13-8-14(22)12(7-15(13)23)19-24-17-2-6-30-18(17)20(25-19)27-3-1-16-11(9-27)10-28(26-16)4-5-29;/h2,6-8,10,29H,1,3-5,9H2;1H. The third-order valence-corrected chi connectivity index (χ3v) is 6.26. The van der Waals surface area contributed by atoms with Crippen molar-refractivity contribution in [3.05, 3.63) is 57.7 Å². The van der Waals surface area contributed by atoms with Gasteiger partial charge in [-0.3, -0.25) is 4.68 Å². The summed E-state index contributed by atoms with van der Waals surface area (Å²) in [7, 11) is 0. The second kappa shape index (κ2) is 8.66. The lowest BCUT2D eigenvalue weighted by Gasteiger charge is -2.27. The molecule has 0 amide bonds. The van der Waals surface area contributed by atoms with Crippen LogP contribution in [0, 0.1) is 11.6 Å². The lowest BCUT2D eigenvalue weighted by atomic mass is 10.1. The molecule has 0 aliphatic carbocycles. The van der Waals surface area contributed by atoms with Gasteiger partial charge in [-0.1, -0.05) is 11.6 Å². The van der Waals surface area contributed by atoms with Crippen molar-refractivity contribution in [3.8, 4) is 11.4 Å². The van der Waals surface area contributed by atoms with E-state index in [4.69, 9.17) is 16.7 Å². The van der Waals surface area contributed by atoms with Gasteiger partial charge in [-0.25, -0.2) is 18.7 Å². The van der Waals surface area contributed by atoms with E-state index in [1.807, 2.05) is 17.6 Å². The summed E-state index contributed by atoms with van der Waals surface area (Å²) in [6.45, 7) is 1.74. The second-order valence-electron chi connectivity index (χ2n) is 7.01. The van der Waals surface area contributed by atoms with Crippen LogP contribution in [-0.2, 0) is 19.5 Å². The molecule has 162 valence electrons. The van der Waals surface area contributed by atoms with Gasteiger partial charge in [-0.2, -0.15) is 5.10 Å². The molecule has 1 aromatic carbocycles. The molecule has 11 heteroatoms. The molecular weight excluding hydrogens is 467 g/mol. The first-order valence-electron chi connectivity index (χ1n) is 9.34. The quantitative estimate of drug-likeness (QED) is 0.434. The maximum absolute atomic E-state index is 14.5. The normalized spacial score (nSPS) is 13.4. The number of anilines is 1. The van der Waals surface area contributed by atoms with E-state index in [-0.39, 0.29) is 35.4 Å². The first-order chi connectivity index (χ1) is 14.5. The number of nitrogens with zero attached hydrogens (tertiary/aromatic N) is 5. The number of fused-ring (bicyclic) bond motifs is 2. The summed E-state index contributed by atoms with van der Waals surface area (Å²) in [6.07, 6.45) is 2.66. The summed E-state index contributed by atoms with van der Waals surface area (Å²) in [4.78, 5) is 11.2. The van der Waals surface area contributed by atoms with Crippen molar-refractivity contribution in [2.45, 2.75) is 19.5 Å². The molecule has 6 nitrogen and oxygen atoms in total. The molecule has 31 heavy (non-hydrogen) atoms. The van der Waals surface area contributed by atoms with Gasteiger partial charge in [0.15, 0.2) is 11.6 Å². The molecule has 0 spiro atoms. The second-order valence-corrected chi connectivity index (χ2v) is 8.33. The van der Waals surface area contributed by atoms with Crippen LogP contribution in [0.1, 0.15) is 11.3 Å². The van der Waals surface area contributed by atoms with Gasteiger partial charge in [-0.15, -0.1) is 23.7 Å². The average molecular weight is 484 g/mol. The summed E-state index contributed by atoms with van der Waals surface area (Å²) in [5, 5.41) is 15.3. The molecule has 0 unspecified atom stereocenters. The molecule has 5 rings (SSSR count). The molecule has 4 aromatic rings. The van der Waals surface area contributed by atoms with Gasteiger partial charge in [0.25, 0.3) is 0 Å². The maximum Gasteiger partial charge on any atom is 0.165 e. The predicted octanol–water partition coefficient (Wildman–Crippen LogP) is 4.46. The van der Waals surface area contributed by atoms with Crippen LogP contribution in [0.15, 0.2) is 29.8 Å². The third-order valence-electron chi connectivity index (χ3n) is 5.07. The molecule has 1 N–H and O–H groups in total. The summed E-state index contributed by atoms with van der Waals surface area (Å²) in [6, 6.07) is 3.81. The molecule has 4 heterocycles. The Labute approximate surface area is 191 Å². The zero-order valence-electron chi connectivity index (χ0n) is 16.1. The van der Waals surface area contributed by atoms with E-state index in [1.54, 1.807) is 4.68 Å². The zero-order valence-corrected chi connectivity index (χ0v) is 18.4. The van der Waals surface area contributed by atoms with Crippen LogP contribution in [-0.4, -0.2) is 38.0 Å². The molecular formula is C20H17Cl2F2N5OS. The number of aliphatic hydroxyl groups is 1. The minimum absolute atomic E-state index is 0. The van der Waals surface area contributed by atoms with Crippen LogP contribution in [0.3, 0.4) is 0 Å². The minimum Gasteiger partial charge on any atom is -0.394 e. The molecule has 1 aliphatic rings. The van der Waals surface area contributed by atoms with Crippen molar-refractivity contribution in [3.63, 3.8) is 0 Å². The Bertz CT molecular complexity index is 1260. The number of rotatable bonds is 4. The summed E-state index contributed by atoms with van der Waals surface area (Å²) in [5.74, 6) is -0.596. The summed E-state index contributed by atoms with van der Waals surface area (Å²) < 4.78 is 31.1. The van der Waals surface area contributed by atoms with E-state index >= 15 is 0 Å². The fourth-order valence-electron chi connectivity index (χ4n) is 3.65. The van der Waals surface area contributed by atoms with Crippen molar-refractivity contribution in [2.24, 2.45) is 0 Å². The van der Waals surface area contributed by atoms with Crippen LogP contribution in [0.2, 0.25) is 5.02 Å². The fraction of sp³-hybridized carbons (Fsp3) is 0.250. The first kappa shape index (κ1) is 21.9. The highest BCUT2D eigenvalue weighted by Gasteiger charge is 2.24. The Hall–Kier alpha value is -2.33. The molecule has 0 radical (unpaired) electrons. The Morgan fingerprint density at radius 2 is 2.03 bits per heavy atom. The highest BCUT2D eigenvalue weighted by Crippen LogP contribution is 2.35. The van der Waals surface area contributed by atoms with Gasteiger partial charge in [0.05, 0.1) is 39.6 Å². The number of hydrogen-bond donors (Lipinski definition) is 1. The van der Waals surface area contributed by atoms with Crippen molar-refractivity contribution in [1.29, 1.82) is 0 Å². The van der Waals surface area contributed by atoms with Crippen molar-refractivity contribution >= 4 is 51.4 Å². The van der Waals surface area contributed by atoms with Gasteiger partial charge < -0.3 is 10.0 Å². The third kappa shape index (κ3) is 3.98. The molecule has 0 saturated carbocycles. The Kier molecular flexibility index (Phi) is 6.11. The van der Waals surface area contributed by atoms with Gasteiger partial charge in [0.1, 0.15) is 11.6 Å². The number of halogens is 4. The largest absolute Gasteiger partial charge is 0.394 e. The van der Waals surface area contributed by atoms with E-state index in [0.717, 1.165) is 34.5 Å². The Balaban J connectivity index is 0.00000231. The average Bonchev–Trinajstić information content (AvgIpc) is 3.35. The number of aromatic nitrogens is 4. The SMILES string of the molecule is Cl.OCCn1cc2c(n1)CCN(c1nc(-c3cc(F)c(Cl)cc3F)nc3ccsc13)C2. The van der Waals surface area contributed by atoms with Crippen LogP contribution >= 0.6 is 35.3 Å². The van der Waals surface area contributed by atoms with E-state index in [2.05, 4.69) is 20.0 Å². The lowest BCUT2D eigenvalue weighted by molar-refractivity contribution is 0.269. The van der Waals surface area contributed by atoms with E-state index < -0.39 is 11.6 Å². The van der Waals surface area contributed by atoms with Crippen LogP contribution in [0.25, 0.3) is 21.6 Å². The highest BCUT2D eigenvalue weighted by atomic mass is 35.5. The van der Waals surface area contributed by atoms with Crippen molar-refractivity contribution in [2.75, 3.05) is 18.1 Å². The number of hydrogen-bond acceptors (Lipinski definition) is 6. The van der Waals surface area contributed by atoms with Crippen molar-refractivity contribution < 1.29 is 13.9 Å². The number of benzene rings is 1. The molecule has 0 fully saturated rings. The van der Waals surface area contributed by atoms with Gasteiger partial charge >= 0.3 is 0 Å². The predicted molar refractivity (Wildman–Crippen MR) is 119 cm³/mol. The Morgan fingerprint density at radius 3 is 2.84 bits per heavy atom. The molecule has 1 aliphatic heterocycles. The maximum atomic E-state index is 14.5. The van der Waals surface area contributed by atoms with Crippen LogP contribution in [0.4, 0.5) is 14.6 Å². The summed E-state index contributed by atoms with van der Waals surface area (Å²) in [5.41, 5.74) is 2.71. The lowest BCUT2D eigenvalue weighted by Crippen LogP contribution is -2.30. The molecule has 0 bridgehead atoms. The van der Waals surface area contributed by atoms with Gasteiger partial charge in [-0.05, 0) is 23.6 Å². The minimum atomic E-state index is -0.720. The zero-order chi connectivity index (χ0) is 20.8. The smallest absolute Gasteiger partial charge is 0.165 e. The van der Waals surface area contributed by atoms with E-state index in [9.17, 15) is 8.78 Å². The summed E-state index contributed by atoms with van der Waals surface area (Å²) >= 11 is 7.20. The van der Waals surface area contributed by atoms with Gasteiger partial charge in [0.2, 0.25) is 0 Å². The molecule has 0 atom stereocenters. The highest BCUT2D eigenvalue weighted by molar-refractivity contribution is 7.17. The number of thiophene rings is 1. The fourth-order valence-corrected chi connectivity index (χ4v) is 4.64. The molecule has 3 aromatic heterocycles. The first-order valence-corrected chi connectivity index (χ1v) is 10.6. The van der Waals surface area contributed by atoms with Crippen LogP contribution in [0.5, 0.6) is 0 Å².